The SMILES string of the molecule is Cc1ccc(CNC(=O)C2c3c(C)nn(-c4ccccc4)c3SCC(=O)N2c2cc(C)ccc2C)cc1. The number of fused-ring (bicyclic) bond motifs is 1. The smallest absolute Gasteiger partial charge is 0.248 e. The van der Waals surface area contributed by atoms with Crippen molar-refractivity contribution in [2.75, 3.05) is 10.7 Å². The fourth-order valence-electron chi connectivity index (χ4n) is 4.68. The molecule has 1 aliphatic heterocycles. The van der Waals surface area contributed by atoms with Gasteiger partial charge in [0.15, 0.2) is 0 Å². The van der Waals surface area contributed by atoms with Crippen molar-refractivity contribution in [3.8, 4) is 5.69 Å². The molecule has 37 heavy (non-hydrogen) atoms. The van der Waals surface area contributed by atoms with E-state index in [1.165, 1.54) is 11.8 Å². The lowest BCUT2D eigenvalue weighted by molar-refractivity contribution is -0.126. The fraction of sp³-hybridized carbons (Fsp3) is 0.233. The Morgan fingerprint density at radius 2 is 1.68 bits per heavy atom. The number of hydrogen-bond acceptors (Lipinski definition) is 4. The van der Waals surface area contributed by atoms with Crippen molar-refractivity contribution >= 4 is 29.3 Å². The molecular formula is C30H30N4O2S. The van der Waals surface area contributed by atoms with Crippen LogP contribution in [0.1, 0.15) is 39.6 Å². The Morgan fingerprint density at radius 1 is 0.973 bits per heavy atom. The van der Waals surface area contributed by atoms with Gasteiger partial charge in [-0.3, -0.25) is 14.5 Å². The molecule has 0 fully saturated rings. The van der Waals surface area contributed by atoms with Crippen LogP contribution >= 0.6 is 11.8 Å². The first kappa shape index (κ1) is 24.8. The number of hydrogen-bond donors (Lipinski definition) is 1. The molecule has 0 radical (unpaired) electrons. The van der Waals surface area contributed by atoms with Crippen molar-refractivity contribution < 1.29 is 9.59 Å². The van der Waals surface area contributed by atoms with Gasteiger partial charge in [0.2, 0.25) is 11.8 Å². The number of carbonyl (C=O) groups excluding carboxylic acids is 2. The Kier molecular flexibility index (Phi) is 6.89. The van der Waals surface area contributed by atoms with E-state index < -0.39 is 6.04 Å². The highest BCUT2D eigenvalue weighted by atomic mass is 32.2. The van der Waals surface area contributed by atoms with Crippen LogP contribution in [0.2, 0.25) is 0 Å². The zero-order chi connectivity index (χ0) is 26.1. The van der Waals surface area contributed by atoms with Crippen molar-refractivity contribution in [3.05, 3.63) is 106 Å². The predicted molar refractivity (Wildman–Crippen MR) is 148 cm³/mol. The van der Waals surface area contributed by atoms with Gasteiger partial charge in [0.25, 0.3) is 0 Å². The summed E-state index contributed by atoms with van der Waals surface area (Å²) < 4.78 is 1.86. The van der Waals surface area contributed by atoms with Gasteiger partial charge in [-0.15, -0.1) is 0 Å². The van der Waals surface area contributed by atoms with E-state index in [2.05, 4.69) is 5.32 Å². The molecule has 4 aromatic rings. The van der Waals surface area contributed by atoms with Crippen LogP contribution in [0.3, 0.4) is 0 Å². The van der Waals surface area contributed by atoms with Crippen LogP contribution < -0.4 is 10.2 Å². The summed E-state index contributed by atoms with van der Waals surface area (Å²) in [6, 6.07) is 23.1. The third kappa shape index (κ3) is 4.91. The summed E-state index contributed by atoms with van der Waals surface area (Å²) in [5.74, 6) is -0.126. The normalized spacial score (nSPS) is 15.3. The summed E-state index contributed by atoms with van der Waals surface area (Å²) in [4.78, 5) is 29.4. The van der Waals surface area contributed by atoms with E-state index in [4.69, 9.17) is 5.10 Å². The monoisotopic (exact) mass is 510 g/mol. The van der Waals surface area contributed by atoms with Gasteiger partial charge in [0.05, 0.1) is 17.1 Å². The summed E-state index contributed by atoms with van der Waals surface area (Å²) in [5, 5.41) is 8.76. The van der Waals surface area contributed by atoms with E-state index in [0.29, 0.717) is 6.54 Å². The molecule has 1 N–H and O–H groups in total. The van der Waals surface area contributed by atoms with Crippen molar-refractivity contribution in [2.45, 2.75) is 45.3 Å². The van der Waals surface area contributed by atoms with Gasteiger partial charge in [-0.05, 0) is 62.6 Å². The standard InChI is InChI=1S/C30H30N4O2S/c1-19-11-14-23(15-12-19)17-31-29(36)28-27-22(4)32-34(24-8-6-5-7-9-24)30(27)37-18-26(35)33(28)25-16-20(2)10-13-21(25)3/h5-16,28H,17-18H2,1-4H3,(H,31,36). The third-order valence-electron chi connectivity index (χ3n) is 6.66. The Hall–Kier alpha value is -3.84. The minimum absolute atomic E-state index is 0.107. The fourth-order valence-corrected chi connectivity index (χ4v) is 5.76. The minimum Gasteiger partial charge on any atom is -0.350 e. The number of nitrogens with one attached hydrogen (secondary N) is 1. The van der Waals surface area contributed by atoms with Gasteiger partial charge in [-0.2, -0.15) is 5.10 Å². The quantitative estimate of drug-likeness (QED) is 0.379. The molecule has 1 aliphatic rings. The van der Waals surface area contributed by atoms with Gasteiger partial charge < -0.3 is 5.32 Å². The summed E-state index contributed by atoms with van der Waals surface area (Å²) in [7, 11) is 0. The number of carbonyl (C=O) groups is 2. The molecule has 0 aliphatic carbocycles. The van der Waals surface area contributed by atoms with Crippen molar-refractivity contribution in [1.82, 2.24) is 15.1 Å². The number of anilines is 1. The highest BCUT2D eigenvalue weighted by Gasteiger charge is 2.40. The number of para-hydroxylation sites is 1. The molecule has 7 heteroatoms. The number of benzene rings is 3. The lowest BCUT2D eigenvalue weighted by Crippen LogP contribution is -2.44. The molecular weight excluding hydrogens is 480 g/mol. The second kappa shape index (κ2) is 10.3. The van der Waals surface area contributed by atoms with Gasteiger partial charge >= 0.3 is 0 Å². The molecule has 3 aromatic carbocycles. The topological polar surface area (TPSA) is 67.2 Å². The molecule has 1 unspecified atom stereocenters. The van der Waals surface area contributed by atoms with Crippen LogP contribution in [0.5, 0.6) is 0 Å². The first-order valence-electron chi connectivity index (χ1n) is 12.3. The average molecular weight is 511 g/mol. The zero-order valence-electron chi connectivity index (χ0n) is 21.5. The Balaban J connectivity index is 1.63. The Bertz CT molecular complexity index is 1460. The van der Waals surface area contributed by atoms with Crippen LogP contribution in [-0.2, 0) is 16.1 Å². The molecule has 1 atom stereocenters. The van der Waals surface area contributed by atoms with Crippen molar-refractivity contribution in [1.29, 1.82) is 0 Å². The number of amides is 2. The van der Waals surface area contributed by atoms with E-state index in [1.807, 2.05) is 105 Å². The molecule has 6 nitrogen and oxygen atoms in total. The summed E-state index contributed by atoms with van der Waals surface area (Å²) in [6.07, 6.45) is 0. The predicted octanol–water partition coefficient (Wildman–Crippen LogP) is 5.60. The zero-order valence-corrected chi connectivity index (χ0v) is 22.3. The number of nitrogens with zero attached hydrogens (tertiary/aromatic N) is 3. The number of rotatable bonds is 5. The lowest BCUT2D eigenvalue weighted by Gasteiger charge is -2.31. The molecule has 0 saturated carbocycles. The van der Waals surface area contributed by atoms with Crippen LogP contribution in [-0.4, -0.2) is 27.3 Å². The Labute approximate surface area is 221 Å². The van der Waals surface area contributed by atoms with Crippen LogP contribution in [0, 0.1) is 27.7 Å². The molecule has 188 valence electrons. The number of aromatic nitrogens is 2. The maximum Gasteiger partial charge on any atom is 0.248 e. The van der Waals surface area contributed by atoms with E-state index in [9.17, 15) is 9.59 Å². The first-order chi connectivity index (χ1) is 17.8. The van der Waals surface area contributed by atoms with Gasteiger partial charge in [-0.25, -0.2) is 4.68 Å². The molecule has 0 bridgehead atoms. The maximum absolute atomic E-state index is 14.0. The van der Waals surface area contributed by atoms with Crippen molar-refractivity contribution in [3.63, 3.8) is 0 Å². The second-order valence-corrected chi connectivity index (χ2v) is 10.5. The second-order valence-electron chi connectivity index (χ2n) is 9.50. The molecule has 2 amide bonds. The lowest BCUT2D eigenvalue weighted by atomic mass is 10.0. The van der Waals surface area contributed by atoms with Crippen LogP contribution in [0.4, 0.5) is 5.69 Å². The van der Waals surface area contributed by atoms with E-state index in [-0.39, 0.29) is 17.6 Å². The number of thioether (sulfide) groups is 1. The molecule has 1 aromatic heterocycles. The minimum atomic E-state index is -0.846. The Morgan fingerprint density at radius 3 is 2.41 bits per heavy atom. The summed E-state index contributed by atoms with van der Waals surface area (Å²) in [6.45, 7) is 8.29. The average Bonchev–Trinajstić information content (AvgIpc) is 3.13. The van der Waals surface area contributed by atoms with Crippen LogP contribution in [0.15, 0.2) is 77.8 Å². The van der Waals surface area contributed by atoms with Gasteiger partial charge in [0, 0.05) is 17.8 Å². The largest absolute Gasteiger partial charge is 0.350 e. The number of aryl methyl sites for hydroxylation is 4. The van der Waals surface area contributed by atoms with E-state index >= 15 is 0 Å². The maximum atomic E-state index is 14.0. The molecule has 2 heterocycles. The van der Waals surface area contributed by atoms with E-state index in [1.54, 1.807) is 4.90 Å². The van der Waals surface area contributed by atoms with Crippen molar-refractivity contribution in [2.24, 2.45) is 0 Å². The van der Waals surface area contributed by atoms with Gasteiger partial charge in [0.1, 0.15) is 11.1 Å². The van der Waals surface area contributed by atoms with Crippen LogP contribution in [0.25, 0.3) is 5.69 Å². The molecule has 0 spiro atoms. The highest BCUT2D eigenvalue weighted by Crippen LogP contribution is 2.41. The first-order valence-corrected chi connectivity index (χ1v) is 13.3. The highest BCUT2D eigenvalue weighted by molar-refractivity contribution is 8.00. The summed E-state index contributed by atoms with van der Waals surface area (Å²) >= 11 is 1.43. The molecule has 5 rings (SSSR count). The third-order valence-corrected chi connectivity index (χ3v) is 7.71. The summed E-state index contributed by atoms with van der Waals surface area (Å²) in [5.41, 5.74) is 7.28. The van der Waals surface area contributed by atoms with E-state index in [0.717, 1.165) is 49.9 Å². The molecule has 0 saturated heterocycles. The van der Waals surface area contributed by atoms with Gasteiger partial charge in [-0.1, -0.05) is 71.9 Å².